The van der Waals surface area contributed by atoms with Crippen LogP contribution < -0.4 is 10.1 Å². The summed E-state index contributed by atoms with van der Waals surface area (Å²) in [4.78, 5) is 4.45. The summed E-state index contributed by atoms with van der Waals surface area (Å²) in [6.45, 7) is 10.1. The first-order valence-corrected chi connectivity index (χ1v) is 6.95. The van der Waals surface area contributed by atoms with E-state index in [1.54, 1.807) is 0 Å². The van der Waals surface area contributed by atoms with Crippen molar-refractivity contribution in [1.29, 1.82) is 0 Å². The van der Waals surface area contributed by atoms with Gasteiger partial charge in [0.1, 0.15) is 0 Å². The van der Waals surface area contributed by atoms with E-state index in [0.29, 0.717) is 23.4 Å². The van der Waals surface area contributed by atoms with Crippen LogP contribution in [0.1, 0.15) is 39.8 Å². The molecular weight excluding hydrogens is 248 g/mol. The Bertz CT molecular complexity index is 369. The maximum atomic E-state index is 6.12. The molecule has 1 rings (SSSR count). The quantitative estimate of drug-likeness (QED) is 0.768. The molecule has 4 heteroatoms. The van der Waals surface area contributed by atoms with E-state index in [1.165, 1.54) is 0 Å². The lowest BCUT2D eigenvalue weighted by molar-refractivity contribution is 0.163. The summed E-state index contributed by atoms with van der Waals surface area (Å²) in [5, 5.41) is 3.98. The molecule has 0 aromatic carbocycles. The fourth-order valence-corrected chi connectivity index (χ4v) is 1.54. The Balaban J connectivity index is 2.67. The Labute approximate surface area is 115 Å². The average Bonchev–Trinajstić information content (AvgIpc) is 2.33. The summed E-state index contributed by atoms with van der Waals surface area (Å²) in [5.41, 5.74) is 0.846. The minimum Gasteiger partial charge on any atom is -0.474 e. The highest BCUT2D eigenvalue weighted by Gasteiger charge is 2.11. The van der Waals surface area contributed by atoms with Crippen LogP contribution in [0.15, 0.2) is 12.1 Å². The van der Waals surface area contributed by atoms with E-state index < -0.39 is 0 Å². The Morgan fingerprint density at radius 2 is 2.06 bits per heavy atom. The number of pyridine rings is 1. The lowest BCUT2D eigenvalue weighted by Gasteiger charge is -2.18. The van der Waals surface area contributed by atoms with Crippen molar-refractivity contribution in [3.8, 4) is 5.88 Å². The van der Waals surface area contributed by atoms with Gasteiger partial charge in [0.2, 0.25) is 5.88 Å². The van der Waals surface area contributed by atoms with Crippen LogP contribution in [-0.2, 0) is 6.54 Å². The average molecular weight is 271 g/mol. The van der Waals surface area contributed by atoms with Gasteiger partial charge in [-0.25, -0.2) is 4.98 Å². The highest BCUT2D eigenvalue weighted by Crippen LogP contribution is 2.20. The molecule has 0 saturated carbocycles. The first kappa shape index (κ1) is 15.3. The van der Waals surface area contributed by atoms with E-state index in [9.17, 15) is 0 Å². The molecule has 1 N–H and O–H groups in total. The zero-order valence-electron chi connectivity index (χ0n) is 11.7. The van der Waals surface area contributed by atoms with Crippen LogP contribution in [0, 0.1) is 5.92 Å². The van der Waals surface area contributed by atoms with Crippen molar-refractivity contribution in [2.45, 2.75) is 46.8 Å². The van der Waals surface area contributed by atoms with Gasteiger partial charge in [-0.05, 0) is 31.9 Å². The van der Waals surface area contributed by atoms with Crippen LogP contribution in [0.25, 0.3) is 0 Å². The fourth-order valence-electron chi connectivity index (χ4n) is 1.36. The van der Waals surface area contributed by atoms with Crippen LogP contribution in [0.5, 0.6) is 5.88 Å². The molecule has 0 amide bonds. The molecule has 0 aliphatic heterocycles. The van der Waals surface area contributed by atoms with Gasteiger partial charge >= 0.3 is 0 Å². The molecule has 0 saturated heterocycles. The second-order valence-electron chi connectivity index (χ2n) is 4.82. The maximum Gasteiger partial charge on any atom is 0.213 e. The lowest BCUT2D eigenvalue weighted by atomic mass is 10.1. The Kier molecular flexibility index (Phi) is 6.44. The molecule has 1 atom stereocenters. The highest BCUT2D eigenvalue weighted by molar-refractivity contribution is 6.31. The molecule has 0 aliphatic rings. The van der Waals surface area contributed by atoms with Crippen molar-refractivity contribution in [2.24, 2.45) is 5.92 Å². The van der Waals surface area contributed by atoms with Gasteiger partial charge in [-0.3, -0.25) is 0 Å². The minimum absolute atomic E-state index is 0.148. The van der Waals surface area contributed by atoms with Gasteiger partial charge in [-0.1, -0.05) is 32.4 Å². The Hall–Kier alpha value is -0.800. The fraction of sp³-hybridized carbons (Fsp3) is 0.643. The molecule has 18 heavy (non-hydrogen) atoms. The third kappa shape index (κ3) is 4.83. The highest BCUT2D eigenvalue weighted by atomic mass is 35.5. The number of rotatable bonds is 7. The summed E-state index contributed by atoms with van der Waals surface area (Å²) >= 11 is 6.12. The lowest BCUT2D eigenvalue weighted by Crippen LogP contribution is -2.20. The summed E-state index contributed by atoms with van der Waals surface area (Å²) < 4.78 is 5.78. The number of ether oxygens (including phenoxy) is 1. The molecule has 0 radical (unpaired) electrons. The minimum atomic E-state index is 0.148. The van der Waals surface area contributed by atoms with E-state index >= 15 is 0 Å². The Morgan fingerprint density at radius 1 is 1.33 bits per heavy atom. The van der Waals surface area contributed by atoms with Gasteiger partial charge in [0.25, 0.3) is 0 Å². The number of nitrogens with zero attached hydrogens (tertiary/aromatic N) is 1. The summed E-state index contributed by atoms with van der Waals surface area (Å²) in [6.07, 6.45) is 1.24. The Morgan fingerprint density at radius 3 is 2.67 bits per heavy atom. The predicted molar refractivity (Wildman–Crippen MR) is 76.2 cm³/mol. The molecule has 3 nitrogen and oxygen atoms in total. The zero-order chi connectivity index (χ0) is 13.5. The maximum absolute atomic E-state index is 6.12. The molecule has 0 fully saturated rings. The van der Waals surface area contributed by atoms with Gasteiger partial charge in [0.05, 0.1) is 16.8 Å². The van der Waals surface area contributed by atoms with Crippen LogP contribution >= 0.6 is 11.6 Å². The van der Waals surface area contributed by atoms with Crippen molar-refractivity contribution in [2.75, 3.05) is 6.54 Å². The van der Waals surface area contributed by atoms with Crippen molar-refractivity contribution in [3.05, 3.63) is 22.8 Å². The smallest absolute Gasteiger partial charge is 0.213 e. The number of hydrogen-bond acceptors (Lipinski definition) is 3. The number of hydrogen-bond donors (Lipinski definition) is 1. The van der Waals surface area contributed by atoms with Crippen molar-refractivity contribution in [1.82, 2.24) is 10.3 Å². The van der Waals surface area contributed by atoms with Gasteiger partial charge in [-0.2, -0.15) is 0 Å². The second kappa shape index (κ2) is 7.59. The molecule has 102 valence electrons. The third-order valence-corrected chi connectivity index (χ3v) is 3.20. The molecule has 0 spiro atoms. The van der Waals surface area contributed by atoms with Crippen LogP contribution in [0.2, 0.25) is 5.02 Å². The molecule has 1 heterocycles. The van der Waals surface area contributed by atoms with Gasteiger partial charge in [0.15, 0.2) is 0 Å². The van der Waals surface area contributed by atoms with E-state index in [1.807, 2.05) is 12.1 Å². The SMILES string of the molecule is CCCNCc1nc(OC(C)C(C)C)ccc1Cl. The number of halogens is 1. The van der Waals surface area contributed by atoms with Crippen LogP contribution in [0.4, 0.5) is 0 Å². The van der Waals surface area contributed by atoms with E-state index in [4.69, 9.17) is 16.3 Å². The van der Waals surface area contributed by atoms with E-state index in [-0.39, 0.29) is 6.10 Å². The standard InChI is InChI=1S/C14H23ClN2O/c1-5-8-16-9-13-12(15)6-7-14(17-13)18-11(4)10(2)3/h6-7,10-11,16H,5,8-9H2,1-4H3. The summed E-state index contributed by atoms with van der Waals surface area (Å²) in [7, 11) is 0. The molecule has 0 bridgehead atoms. The molecule has 1 unspecified atom stereocenters. The van der Waals surface area contributed by atoms with Crippen molar-refractivity contribution in [3.63, 3.8) is 0 Å². The molecule has 1 aromatic heterocycles. The number of aromatic nitrogens is 1. The first-order chi connectivity index (χ1) is 8.54. The van der Waals surface area contributed by atoms with E-state index in [0.717, 1.165) is 18.7 Å². The molecular formula is C14H23ClN2O. The first-order valence-electron chi connectivity index (χ1n) is 6.57. The molecule has 0 aliphatic carbocycles. The summed E-state index contributed by atoms with van der Waals surface area (Å²) in [6, 6.07) is 3.67. The van der Waals surface area contributed by atoms with E-state index in [2.05, 4.69) is 38.0 Å². The third-order valence-electron chi connectivity index (χ3n) is 2.86. The number of nitrogens with one attached hydrogen (secondary N) is 1. The summed E-state index contributed by atoms with van der Waals surface area (Å²) in [5.74, 6) is 1.11. The van der Waals surface area contributed by atoms with Gasteiger partial charge < -0.3 is 10.1 Å². The monoisotopic (exact) mass is 270 g/mol. The van der Waals surface area contributed by atoms with Crippen molar-refractivity contribution < 1.29 is 4.74 Å². The van der Waals surface area contributed by atoms with Crippen LogP contribution in [-0.4, -0.2) is 17.6 Å². The van der Waals surface area contributed by atoms with Gasteiger partial charge in [-0.15, -0.1) is 0 Å². The topological polar surface area (TPSA) is 34.2 Å². The second-order valence-corrected chi connectivity index (χ2v) is 5.23. The predicted octanol–water partition coefficient (Wildman–Crippen LogP) is 3.66. The van der Waals surface area contributed by atoms with Crippen LogP contribution in [0.3, 0.4) is 0 Å². The normalized spacial score (nSPS) is 12.8. The largest absolute Gasteiger partial charge is 0.474 e. The van der Waals surface area contributed by atoms with Crippen molar-refractivity contribution >= 4 is 11.6 Å². The zero-order valence-corrected chi connectivity index (χ0v) is 12.4. The molecule has 1 aromatic rings. The van der Waals surface area contributed by atoms with Gasteiger partial charge in [0, 0.05) is 12.6 Å².